The van der Waals surface area contributed by atoms with Crippen LogP contribution in [0.5, 0.6) is 0 Å². The maximum absolute atomic E-state index is 9.71. The van der Waals surface area contributed by atoms with Crippen molar-refractivity contribution in [3.8, 4) is 28.5 Å². The van der Waals surface area contributed by atoms with Gasteiger partial charge in [0.2, 0.25) is 0 Å². The molecule has 0 fully saturated rings. The summed E-state index contributed by atoms with van der Waals surface area (Å²) < 4.78 is 6.34. The van der Waals surface area contributed by atoms with Crippen LogP contribution in [0, 0.1) is 11.3 Å². The van der Waals surface area contributed by atoms with Crippen molar-refractivity contribution in [3.63, 3.8) is 0 Å². The zero-order valence-electron chi connectivity index (χ0n) is 17.7. The van der Waals surface area contributed by atoms with Gasteiger partial charge in [-0.15, -0.1) is 0 Å². The second kappa shape index (κ2) is 7.30. The van der Waals surface area contributed by atoms with E-state index in [1.54, 1.807) is 6.20 Å². The second-order valence-electron chi connectivity index (χ2n) is 8.34. The molecule has 0 unspecified atom stereocenters. The first-order chi connectivity index (χ1) is 15.0. The van der Waals surface area contributed by atoms with Gasteiger partial charge in [0, 0.05) is 22.5 Å². The van der Waals surface area contributed by atoms with E-state index in [4.69, 9.17) is 4.42 Å². The van der Waals surface area contributed by atoms with Crippen molar-refractivity contribution < 1.29 is 4.42 Å². The molecule has 2 heterocycles. The molecule has 0 amide bonds. The molecule has 3 aromatic carbocycles. The van der Waals surface area contributed by atoms with Gasteiger partial charge in [-0.05, 0) is 71.2 Å². The Morgan fingerprint density at radius 3 is 2.29 bits per heavy atom. The number of para-hydroxylation sites is 1. The lowest BCUT2D eigenvalue weighted by Crippen LogP contribution is -1.92. The third-order valence-corrected chi connectivity index (χ3v) is 7.27. The molecule has 0 saturated carbocycles. The first-order valence-electron chi connectivity index (χ1n) is 10.1. The highest BCUT2D eigenvalue weighted by molar-refractivity contribution is 8.32. The fraction of sp³-hybridized carbons (Fsp3) is 0.111. The van der Waals surface area contributed by atoms with E-state index in [1.165, 1.54) is 4.90 Å². The number of fused-ring (bicyclic) bond motifs is 3. The Balaban J connectivity index is 1.81. The van der Waals surface area contributed by atoms with Gasteiger partial charge in [0.05, 0.1) is 11.3 Å². The molecule has 0 N–H and O–H groups in total. The van der Waals surface area contributed by atoms with Crippen molar-refractivity contribution >= 4 is 32.0 Å². The molecule has 4 heteroatoms. The van der Waals surface area contributed by atoms with Crippen molar-refractivity contribution in [2.75, 3.05) is 18.8 Å². The van der Waals surface area contributed by atoms with Crippen molar-refractivity contribution in [3.05, 3.63) is 84.6 Å². The third-order valence-electron chi connectivity index (χ3n) is 5.58. The average molecular weight is 423 g/mol. The summed E-state index contributed by atoms with van der Waals surface area (Å²) in [5.74, 6) is 0. The van der Waals surface area contributed by atoms with Crippen LogP contribution in [0.4, 0.5) is 0 Å². The van der Waals surface area contributed by atoms with Crippen LogP contribution in [-0.2, 0) is 0 Å². The minimum Gasteiger partial charge on any atom is -0.454 e. The molecule has 0 spiro atoms. The van der Waals surface area contributed by atoms with Gasteiger partial charge in [-0.3, -0.25) is 4.98 Å². The van der Waals surface area contributed by atoms with Crippen molar-refractivity contribution in [2.24, 2.45) is 0 Å². The monoisotopic (exact) mass is 422 g/mol. The Bertz CT molecular complexity index is 1450. The van der Waals surface area contributed by atoms with Gasteiger partial charge in [-0.25, -0.2) is 10.0 Å². The zero-order chi connectivity index (χ0) is 21.6. The molecule has 5 aromatic rings. The third kappa shape index (κ3) is 3.28. The molecule has 2 aromatic heterocycles. The molecule has 152 valence electrons. The summed E-state index contributed by atoms with van der Waals surface area (Å²) in [6, 6.07) is 26.9. The first kappa shape index (κ1) is 19.4. The molecule has 0 atom stereocenters. The van der Waals surface area contributed by atoms with Crippen LogP contribution in [-0.4, -0.2) is 23.8 Å². The highest BCUT2D eigenvalue weighted by Gasteiger charge is 2.19. The molecule has 31 heavy (non-hydrogen) atoms. The minimum atomic E-state index is -0.784. The molecular formula is C27H22N2OS. The Labute approximate surface area is 183 Å². The number of pyridine rings is 1. The van der Waals surface area contributed by atoms with E-state index in [1.807, 2.05) is 42.5 Å². The van der Waals surface area contributed by atoms with Crippen LogP contribution in [0.1, 0.15) is 5.56 Å². The quantitative estimate of drug-likeness (QED) is 0.308. The summed E-state index contributed by atoms with van der Waals surface area (Å²) in [6.07, 6.45) is 8.67. The van der Waals surface area contributed by atoms with Gasteiger partial charge in [0.25, 0.3) is 0 Å². The molecule has 0 aliphatic carbocycles. The number of aromatic nitrogens is 1. The molecule has 0 radical (unpaired) electrons. The number of hydrogen-bond donors (Lipinski definition) is 0. The predicted molar refractivity (Wildman–Crippen MR) is 131 cm³/mol. The molecule has 5 rings (SSSR count). The van der Waals surface area contributed by atoms with E-state index < -0.39 is 10.0 Å². The van der Waals surface area contributed by atoms with Crippen LogP contribution in [0.3, 0.4) is 0 Å². The lowest BCUT2D eigenvalue weighted by Gasteiger charge is -2.25. The summed E-state index contributed by atoms with van der Waals surface area (Å²) in [4.78, 5) is 5.87. The molecule has 3 nitrogen and oxygen atoms in total. The van der Waals surface area contributed by atoms with E-state index in [0.717, 1.165) is 38.7 Å². The maximum Gasteiger partial charge on any atom is 0.153 e. The topological polar surface area (TPSA) is 49.8 Å². The summed E-state index contributed by atoms with van der Waals surface area (Å²) >= 11 is 0. The van der Waals surface area contributed by atoms with Crippen molar-refractivity contribution in [1.29, 1.82) is 5.26 Å². The van der Waals surface area contributed by atoms with Crippen LogP contribution in [0.25, 0.3) is 44.3 Å². The number of nitriles is 1. The summed E-state index contributed by atoms with van der Waals surface area (Å²) in [6.45, 7) is 0. The number of rotatable bonds is 3. The van der Waals surface area contributed by atoms with Gasteiger partial charge >= 0.3 is 0 Å². The number of nitrogens with zero attached hydrogens (tertiary/aromatic N) is 2. The number of benzene rings is 3. The van der Waals surface area contributed by atoms with Gasteiger partial charge in [0.1, 0.15) is 11.7 Å². The highest BCUT2D eigenvalue weighted by atomic mass is 32.3. The molecular weight excluding hydrogens is 400 g/mol. The average Bonchev–Trinajstić information content (AvgIpc) is 3.18. The van der Waals surface area contributed by atoms with E-state index in [-0.39, 0.29) is 0 Å². The van der Waals surface area contributed by atoms with Crippen LogP contribution >= 0.6 is 10.0 Å². The summed E-state index contributed by atoms with van der Waals surface area (Å²) in [5.41, 5.74) is 5.90. The second-order valence-corrected chi connectivity index (χ2v) is 12.5. The highest BCUT2D eigenvalue weighted by Crippen LogP contribution is 2.46. The summed E-state index contributed by atoms with van der Waals surface area (Å²) in [7, 11) is -0.784. The lowest BCUT2D eigenvalue weighted by atomic mass is 9.96. The molecule has 0 bridgehead atoms. The number of furan rings is 1. The first-order valence-corrected chi connectivity index (χ1v) is 12.9. The van der Waals surface area contributed by atoms with Gasteiger partial charge in [-0.2, -0.15) is 5.26 Å². The Morgan fingerprint density at radius 2 is 1.61 bits per heavy atom. The van der Waals surface area contributed by atoms with Crippen LogP contribution < -0.4 is 0 Å². The molecule has 0 aliphatic rings. The molecule has 0 aliphatic heterocycles. The Morgan fingerprint density at radius 1 is 0.806 bits per heavy atom. The summed E-state index contributed by atoms with van der Waals surface area (Å²) in [5, 5.41) is 11.7. The van der Waals surface area contributed by atoms with Gasteiger partial charge in [0.15, 0.2) is 5.58 Å². The SMILES string of the molecule is CS(C)(C)c1ccc(-c2ccc(C#N)c3oc4c(-c5ccccn5)cccc4c23)cc1. The van der Waals surface area contributed by atoms with Crippen molar-refractivity contribution in [2.45, 2.75) is 4.90 Å². The fourth-order valence-electron chi connectivity index (χ4n) is 4.00. The van der Waals surface area contributed by atoms with E-state index in [9.17, 15) is 5.26 Å². The Kier molecular flexibility index (Phi) is 4.57. The smallest absolute Gasteiger partial charge is 0.153 e. The minimum absolute atomic E-state index is 0.540. The number of hydrogen-bond acceptors (Lipinski definition) is 3. The van der Waals surface area contributed by atoms with Crippen molar-refractivity contribution in [1.82, 2.24) is 4.98 Å². The van der Waals surface area contributed by atoms with E-state index in [2.05, 4.69) is 60.2 Å². The zero-order valence-corrected chi connectivity index (χ0v) is 18.5. The standard InChI is InChI=1S/C27H22N2OS/c1-31(2,3)20-13-10-18(11-14-20)21-15-12-19(17-28)26-25(21)23-8-6-7-22(27(23)30-26)24-9-4-5-16-29-24/h4-16H,1-3H3. The van der Waals surface area contributed by atoms with E-state index >= 15 is 0 Å². The molecule has 0 saturated heterocycles. The lowest BCUT2D eigenvalue weighted by molar-refractivity contribution is 0.668. The maximum atomic E-state index is 9.71. The fourth-order valence-corrected chi connectivity index (χ4v) is 4.95. The van der Waals surface area contributed by atoms with Gasteiger partial charge in [-0.1, -0.05) is 36.4 Å². The predicted octanol–water partition coefficient (Wildman–Crippen LogP) is 7.24. The Hall–Kier alpha value is -3.55. The van der Waals surface area contributed by atoms with Crippen LogP contribution in [0.2, 0.25) is 0 Å². The van der Waals surface area contributed by atoms with E-state index in [0.29, 0.717) is 11.1 Å². The van der Waals surface area contributed by atoms with Gasteiger partial charge < -0.3 is 4.42 Å². The normalized spacial score (nSPS) is 12.2. The van der Waals surface area contributed by atoms with Crippen LogP contribution in [0.15, 0.2) is 88.3 Å². The largest absolute Gasteiger partial charge is 0.454 e.